The van der Waals surface area contributed by atoms with Gasteiger partial charge in [0.05, 0.1) is 7.11 Å². The summed E-state index contributed by atoms with van der Waals surface area (Å²) in [7, 11) is 1.19. The number of hydrogen-bond acceptors (Lipinski definition) is 9. The van der Waals surface area contributed by atoms with Gasteiger partial charge in [0.2, 0.25) is 12.2 Å². The molecule has 1 N–H and O–H groups in total. The predicted molar refractivity (Wildman–Crippen MR) is 115 cm³/mol. The maximum Gasteiger partial charge on any atom is 0.338 e. The lowest BCUT2D eigenvalue weighted by Gasteiger charge is -2.44. The first-order chi connectivity index (χ1) is 14.6. The van der Waals surface area contributed by atoms with Crippen LogP contribution in [0.15, 0.2) is 0 Å². The first kappa shape index (κ1) is 28.2. The third kappa shape index (κ3) is 8.90. The zero-order chi connectivity index (χ0) is 23.6. The van der Waals surface area contributed by atoms with Gasteiger partial charge in [-0.1, -0.05) is 61.5 Å². The van der Waals surface area contributed by atoms with Crippen LogP contribution in [0.4, 0.5) is 0 Å². The van der Waals surface area contributed by atoms with Crippen molar-refractivity contribution in [2.75, 3.05) is 20.3 Å². The number of rotatable bonds is 11. The highest BCUT2D eigenvalue weighted by Crippen LogP contribution is 2.34. The SMILES string of the molecule is CCCCO[C@@H]1C(C(=O)OC)O[C@@H](OC(=N)C(Cl)(Cl)Cl)C(OC(C)=O)[C@H]1OCCCC. The molecule has 1 aliphatic rings. The highest BCUT2D eigenvalue weighted by atomic mass is 35.6. The van der Waals surface area contributed by atoms with Crippen molar-refractivity contribution in [3.63, 3.8) is 0 Å². The van der Waals surface area contributed by atoms with E-state index in [4.69, 9.17) is 68.6 Å². The maximum absolute atomic E-state index is 12.5. The van der Waals surface area contributed by atoms with E-state index in [0.29, 0.717) is 19.6 Å². The molecule has 1 aliphatic heterocycles. The number of methoxy groups -OCH3 is 1. The van der Waals surface area contributed by atoms with E-state index in [-0.39, 0.29) is 0 Å². The lowest BCUT2D eigenvalue weighted by molar-refractivity contribution is -0.294. The molecule has 1 saturated heterocycles. The molecule has 31 heavy (non-hydrogen) atoms. The summed E-state index contributed by atoms with van der Waals surface area (Å²) in [6, 6.07) is 0. The van der Waals surface area contributed by atoms with Crippen LogP contribution in [-0.4, -0.2) is 72.7 Å². The van der Waals surface area contributed by atoms with Crippen LogP contribution in [0.5, 0.6) is 0 Å². The molecule has 5 atom stereocenters. The standard InChI is InChI=1S/C19H30Cl3NO8/c1-5-7-9-27-12-13(28-10-8-6-2)15(29-11(3)24)17(30-14(12)16(25)26-4)31-18(23)19(20,21)22/h12-15,17,23H,5-10H2,1-4H3/t12-,13-,14?,15?,17-/m0/s1. The monoisotopic (exact) mass is 505 g/mol. The van der Waals surface area contributed by atoms with E-state index in [9.17, 15) is 9.59 Å². The Bertz CT molecular complexity index is 601. The Morgan fingerprint density at radius 3 is 1.97 bits per heavy atom. The van der Waals surface area contributed by atoms with Gasteiger partial charge in [-0.15, -0.1) is 0 Å². The number of carbonyl (C=O) groups excluding carboxylic acids is 2. The highest BCUT2D eigenvalue weighted by molar-refractivity contribution is 6.76. The van der Waals surface area contributed by atoms with Crippen molar-refractivity contribution in [1.29, 1.82) is 5.41 Å². The number of carbonyl (C=O) groups is 2. The second kappa shape index (κ2) is 13.6. The summed E-state index contributed by atoms with van der Waals surface area (Å²) in [5.41, 5.74) is 0. The molecule has 180 valence electrons. The molecule has 0 aromatic rings. The van der Waals surface area contributed by atoms with E-state index in [2.05, 4.69) is 0 Å². The average Bonchev–Trinajstić information content (AvgIpc) is 2.69. The Morgan fingerprint density at radius 1 is 0.968 bits per heavy atom. The first-order valence-electron chi connectivity index (χ1n) is 10.0. The first-order valence-corrected chi connectivity index (χ1v) is 11.2. The molecule has 1 heterocycles. The fraction of sp³-hybridized carbons (Fsp3) is 0.842. The maximum atomic E-state index is 12.5. The molecule has 0 spiro atoms. The molecular weight excluding hydrogens is 477 g/mol. The van der Waals surface area contributed by atoms with Gasteiger partial charge in [0.25, 0.3) is 3.79 Å². The normalized spacial score (nSPS) is 26.2. The quantitative estimate of drug-likeness (QED) is 0.149. The molecule has 0 saturated carbocycles. The molecule has 0 bridgehead atoms. The van der Waals surface area contributed by atoms with E-state index in [1.807, 2.05) is 13.8 Å². The van der Waals surface area contributed by atoms with Crippen LogP contribution >= 0.6 is 34.8 Å². The Morgan fingerprint density at radius 2 is 1.52 bits per heavy atom. The lowest BCUT2D eigenvalue weighted by Crippen LogP contribution is -2.63. The van der Waals surface area contributed by atoms with Gasteiger partial charge >= 0.3 is 11.9 Å². The third-order valence-corrected chi connectivity index (χ3v) is 4.85. The van der Waals surface area contributed by atoms with E-state index in [1.54, 1.807) is 0 Å². The summed E-state index contributed by atoms with van der Waals surface area (Å²) >= 11 is 17.1. The Hall–Kier alpha value is -0.840. The van der Waals surface area contributed by atoms with E-state index >= 15 is 0 Å². The van der Waals surface area contributed by atoms with Crippen molar-refractivity contribution in [3.05, 3.63) is 0 Å². The van der Waals surface area contributed by atoms with Gasteiger partial charge in [-0.05, 0) is 12.8 Å². The van der Waals surface area contributed by atoms with Crippen molar-refractivity contribution in [3.8, 4) is 0 Å². The largest absolute Gasteiger partial charge is 0.467 e. The van der Waals surface area contributed by atoms with Crippen molar-refractivity contribution in [1.82, 2.24) is 0 Å². The fourth-order valence-electron chi connectivity index (χ4n) is 2.81. The Kier molecular flexibility index (Phi) is 12.4. The summed E-state index contributed by atoms with van der Waals surface area (Å²) in [5.74, 6) is -2.18. The summed E-state index contributed by atoms with van der Waals surface area (Å²) in [6.07, 6.45) is -2.73. The second-order valence-corrected chi connectivity index (χ2v) is 9.13. The molecule has 1 rings (SSSR count). The number of ether oxygens (including phenoxy) is 6. The van der Waals surface area contributed by atoms with Crippen LogP contribution < -0.4 is 0 Å². The van der Waals surface area contributed by atoms with Gasteiger partial charge in [0.1, 0.15) is 12.2 Å². The minimum Gasteiger partial charge on any atom is -0.467 e. The van der Waals surface area contributed by atoms with Crippen LogP contribution in [0, 0.1) is 5.41 Å². The number of alkyl halides is 3. The van der Waals surface area contributed by atoms with Crippen LogP contribution in [-0.2, 0) is 38.0 Å². The highest BCUT2D eigenvalue weighted by Gasteiger charge is 2.54. The van der Waals surface area contributed by atoms with Crippen molar-refractivity contribution in [2.24, 2.45) is 0 Å². The molecule has 0 radical (unpaired) electrons. The predicted octanol–water partition coefficient (Wildman–Crippen LogP) is 3.55. The molecule has 2 unspecified atom stereocenters. The van der Waals surface area contributed by atoms with E-state index in [0.717, 1.165) is 19.3 Å². The molecule has 12 heteroatoms. The molecular formula is C19H30Cl3NO8. The number of nitrogens with one attached hydrogen (secondary N) is 1. The van der Waals surface area contributed by atoms with Gasteiger partial charge in [0, 0.05) is 20.1 Å². The van der Waals surface area contributed by atoms with Crippen LogP contribution in [0.3, 0.4) is 0 Å². The molecule has 0 aromatic heterocycles. The zero-order valence-electron chi connectivity index (χ0n) is 18.0. The minimum atomic E-state index is -2.20. The van der Waals surface area contributed by atoms with Crippen molar-refractivity contribution >= 4 is 52.6 Å². The Balaban J connectivity index is 3.31. The number of hydrogen-bond donors (Lipinski definition) is 1. The van der Waals surface area contributed by atoms with Gasteiger partial charge in [-0.2, -0.15) is 0 Å². The average molecular weight is 507 g/mol. The second-order valence-electron chi connectivity index (χ2n) is 6.84. The van der Waals surface area contributed by atoms with Crippen molar-refractivity contribution in [2.45, 2.75) is 81.0 Å². The Labute approximate surface area is 197 Å². The summed E-state index contributed by atoms with van der Waals surface area (Å²) in [6.45, 7) is 5.78. The smallest absolute Gasteiger partial charge is 0.338 e. The number of esters is 2. The number of unbranched alkanes of at least 4 members (excludes halogenated alkanes) is 2. The summed E-state index contributed by atoms with van der Waals surface area (Å²) in [4.78, 5) is 24.3. The number of halogens is 3. The lowest BCUT2D eigenvalue weighted by atomic mass is 9.97. The van der Waals surface area contributed by atoms with Gasteiger partial charge in [-0.25, -0.2) is 4.79 Å². The molecule has 9 nitrogen and oxygen atoms in total. The molecule has 1 fully saturated rings. The van der Waals surface area contributed by atoms with Gasteiger partial charge < -0.3 is 28.4 Å². The van der Waals surface area contributed by atoms with Crippen LogP contribution in [0.1, 0.15) is 46.5 Å². The van der Waals surface area contributed by atoms with Gasteiger partial charge in [-0.3, -0.25) is 10.2 Å². The van der Waals surface area contributed by atoms with E-state index in [1.165, 1.54) is 14.0 Å². The van der Waals surface area contributed by atoms with E-state index < -0.39 is 52.3 Å². The molecule has 0 aromatic carbocycles. The van der Waals surface area contributed by atoms with Crippen LogP contribution in [0.2, 0.25) is 0 Å². The van der Waals surface area contributed by atoms with Crippen molar-refractivity contribution < 1.29 is 38.0 Å². The topological polar surface area (TPSA) is 113 Å². The summed E-state index contributed by atoms with van der Waals surface area (Å²) < 4.78 is 31.0. The fourth-order valence-corrected chi connectivity index (χ4v) is 2.94. The zero-order valence-corrected chi connectivity index (χ0v) is 20.3. The summed E-state index contributed by atoms with van der Waals surface area (Å²) in [5, 5.41) is 7.86. The minimum absolute atomic E-state index is 0.301. The molecule has 0 aliphatic carbocycles. The third-order valence-electron chi connectivity index (χ3n) is 4.34. The molecule has 0 amide bonds. The van der Waals surface area contributed by atoms with Crippen LogP contribution in [0.25, 0.3) is 0 Å². The van der Waals surface area contributed by atoms with Gasteiger partial charge in [0.15, 0.2) is 12.2 Å².